The summed E-state index contributed by atoms with van der Waals surface area (Å²) in [5.74, 6) is 0.875. The topological polar surface area (TPSA) is 62.1 Å². The first kappa shape index (κ1) is 18.5. The highest BCUT2D eigenvalue weighted by Crippen LogP contribution is 2.44. The molecule has 1 aliphatic carbocycles. The van der Waals surface area contributed by atoms with Crippen LogP contribution in [0.4, 0.5) is 5.00 Å². The molecule has 0 aliphatic heterocycles. The zero-order chi connectivity index (χ0) is 18.9. The number of carbonyl (C=O) groups excluding carboxylic acids is 1. The van der Waals surface area contributed by atoms with E-state index in [-0.39, 0.29) is 11.3 Å². The van der Waals surface area contributed by atoms with Gasteiger partial charge in [-0.1, -0.05) is 32.9 Å². The van der Waals surface area contributed by atoms with E-state index in [1.54, 1.807) is 36.6 Å². The van der Waals surface area contributed by atoms with Crippen molar-refractivity contribution in [2.75, 3.05) is 12.4 Å². The summed E-state index contributed by atoms with van der Waals surface area (Å²) in [5.41, 5.74) is 2.46. The van der Waals surface area contributed by atoms with E-state index < -0.39 is 0 Å². The van der Waals surface area contributed by atoms with Crippen LogP contribution in [0.25, 0.3) is 0 Å². The van der Waals surface area contributed by atoms with Crippen molar-refractivity contribution in [1.29, 1.82) is 5.26 Å². The molecule has 136 valence electrons. The highest BCUT2D eigenvalue weighted by atomic mass is 32.1. The fraction of sp³-hybridized carbons (Fsp3) is 0.429. The lowest BCUT2D eigenvalue weighted by molar-refractivity contribution is 0.102. The van der Waals surface area contributed by atoms with Gasteiger partial charge >= 0.3 is 0 Å². The molecule has 5 heteroatoms. The highest BCUT2D eigenvalue weighted by molar-refractivity contribution is 7.16. The van der Waals surface area contributed by atoms with Gasteiger partial charge in [0.15, 0.2) is 0 Å². The Morgan fingerprint density at radius 3 is 2.73 bits per heavy atom. The van der Waals surface area contributed by atoms with Crippen molar-refractivity contribution in [2.45, 2.75) is 40.0 Å². The van der Waals surface area contributed by atoms with E-state index in [2.05, 4.69) is 32.2 Å². The third kappa shape index (κ3) is 3.47. The van der Waals surface area contributed by atoms with Crippen LogP contribution in [0.5, 0.6) is 5.75 Å². The maximum absolute atomic E-state index is 12.7. The molecule has 0 saturated carbocycles. The number of methoxy groups -OCH3 is 1. The molecule has 3 rings (SSSR count). The number of hydrogen-bond acceptors (Lipinski definition) is 4. The monoisotopic (exact) mass is 368 g/mol. The molecule has 0 saturated heterocycles. The fourth-order valence-electron chi connectivity index (χ4n) is 3.53. The number of amides is 1. The average molecular weight is 369 g/mol. The van der Waals surface area contributed by atoms with Crippen LogP contribution in [0.1, 0.15) is 53.6 Å². The molecule has 0 radical (unpaired) electrons. The molecule has 1 heterocycles. The first-order valence-corrected chi connectivity index (χ1v) is 9.65. The minimum absolute atomic E-state index is 0.245. The third-order valence-corrected chi connectivity index (χ3v) is 6.35. The number of nitrogens with one attached hydrogen (secondary N) is 1. The Balaban J connectivity index is 1.89. The zero-order valence-corrected chi connectivity index (χ0v) is 16.5. The zero-order valence-electron chi connectivity index (χ0n) is 15.7. The Bertz CT molecular complexity index is 871. The molecule has 1 N–H and O–H groups in total. The third-order valence-electron chi connectivity index (χ3n) is 5.18. The van der Waals surface area contributed by atoms with Crippen molar-refractivity contribution in [3.8, 4) is 11.8 Å². The van der Waals surface area contributed by atoms with E-state index in [0.29, 0.717) is 27.8 Å². The van der Waals surface area contributed by atoms with Crippen LogP contribution in [0, 0.1) is 22.7 Å². The standard InChI is InChI=1S/C21H24N2O2S/c1-21(2,3)13-9-10-14-16(12-22)20(26-18(14)11-13)23-19(24)15-7-5-6-8-17(15)25-4/h5-8,13H,9-11H2,1-4H3,(H,23,24). The SMILES string of the molecule is COc1ccccc1C(=O)Nc1sc2c(c1C#N)CCC(C(C)(C)C)C2. The Labute approximate surface area is 158 Å². The van der Waals surface area contributed by atoms with E-state index in [4.69, 9.17) is 4.74 Å². The Morgan fingerprint density at radius 1 is 1.35 bits per heavy atom. The summed E-state index contributed by atoms with van der Waals surface area (Å²) in [6.45, 7) is 6.81. The first-order chi connectivity index (χ1) is 12.3. The summed E-state index contributed by atoms with van der Waals surface area (Å²) in [4.78, 5) is 13.9. The van der Waals surface area contributed by atoms with Gasteiger partial charge in [0.1, 0.15) is 16.8 Å². The lowest BCUT2D eigenvalue weighted by Crippen LogP contribution is -2.26. The molecule has 1 aromatic carbocycles. The molecular formula is C21H24N2O2S. The second-order valence-corrected chi connectivity index (χ2v) is 8.89. The number of hydrogen-bond donors (Lipinski definition) is 1. The highest BCUT2D eigenvalue weighted by Gasteiger charge is 2.32. The van der Waals surface area contributed by atoms with Gasteiger partial charge in [-0.15, -0.1) is 11.3 Å². The average Bonchev–Trinajstić information content (AvgIpc) is 2.96. The van der Waals surface area contributed by atoms with Gasteiger partial charge in [0, 0.05) is 4.88 Å². The van der Waals surface area contributed by atoms with Gasteiger partial charge in [0.2, 0.25) is 0 Å². The number of ether oxygens (including phenoxy) is 1. The van der Waals surface area contributed by atoms with Crippen LogP contribution in [0.3, 0.4) is 0 Å². The van der Waals surface area contributed by atoms with Crippen LogP contribution in [-0.4, -0.2) is 13.0 Å². The van der Waals surface area contributed by atoms with Gasteiger partial charge in [-0.3, -0.25) is 4.79 Å². The number of benzene rings is 1. The van der Waals surface area contributed by atoms with Crippen molar-refractivity contribution in [1.82, 2.24) is 0 Å². The van der Waals surface area contributed by atoms with Gasteiger partial charge in [-0.2, -0.15) is 5.26 Å². The second-order valence-electron chi connectivity index (χ2n) is 7.78. The molecule has 1 aliphatic rings. The predicted molar refractivity (Wildman–Crippen MR) is 105 cm³/mol. The molecule has 1 atom stereocenters. The molecule has 0 spiro atoms. The predicted octanol–water partition coefficient (Wildman–Crippen LogP) is 5.03. The smallest absolute Gasteiger partial charge is 0.260 e. The van der Waals surface area contributed by atoms with Crippen LogP contribution in [-0.2, 0) is 12.8 Å². The number of rotatable bonds is 3. The van der Waals surface area contributed by atoms with Gasteiger partial charge in [-0.05, 0) is 48.3 Å². The van der Waals surface area contributed by atoms with Crippen LogP contribution in [0.15, 0.2) is 24.3 Å². The normalized spacial score (nSPS) is 16.5. The van der Waals surface area contributed by atoms with E-state index in [0.717, 1.165) is 24.8 Å². The fourth-order valence-corrected chi connectivity index (χ4v) is 4.81. The van der Waals surface area contributed by atoms with E-state index >= 15 is 0 Å². The molecular weight excluding hydrogens is 344 g/mol. The van der Waals surface area contributed by atoms with E-state index in [9.17, 15) is 10.1 Å². The molecule has 0 fully saturated rings. The lowest BCUT2D eigenvalue weighted by Gasteiger charge is -2.33. The van der Waals surface area contributed by atoms with Gasteiger partial charge in [-0.25, -0.2) is 0 Å². The molecule has 1 unspecified atom stereocenters. The number of para-hydroxylation sites is 1. The van der Waals surface area contributed by atoms with Crippen molar-refractivity contribution in [3.63, 3.8) is 0 Å². The Kier molecular flexibility index (Phi) is 5.06. The largest absolute Gasteiger partial charge is 0.496 e. The van der Waals surface area contributed by atoms with Crippen molar-refractivity contribution >= 4 is 22.2 Å². The Hall–Kier alpha value is -2.32. The number of carbonyl (C=O) groups is 1. The first-order valence-electron chi connectivity index (χ1n) is 8.84. The van der Waals surface area contributed by atoms with Crippen LogP contribution in [0.2, 0.25) is 0 Å². The van der Waals surface area contributed by atoms with Gasteiger partial charge in [0.25, 0.3) is 5.91 Å². The minimum atomic E-state index is -0.245. The van der Waals surface area contributed by atoms with E-state index in [1.165, 1.54) is 4.88 Å². The lowest BCUT2D eigenvalue weighted by atomic mass is 9.72. The number of nitrogens with zero attached hydrogens (tertiary/aromatic N) is 1. The van der Waals surface area contributed by atoms with E-state index in [1.807, 2.05) is 6.07 Å². The van der Waals surface area contributed by atoms with Crippen molar-refractivity contribution in [2.24, 2.45) is 11.3 Å². The maximum Gasteiger partial charge on any atom is 0.260 e. The molecule has 1 aromatic heterocycles. The maximum atomic E-state index is 12.7. The summed E-state index contributed by atoms with van der Waals surface area (Å²) in [5, 5.41) is 13.2. The quantitative estimate of drug-likeness (QED) is 0.826. The summed E-state index contributed by atoms with van der Waals surface area (Å²) in [6, 6.07) is 9.42. The summed E-state index contributed by atoms with van der Waals surface area (Å²) < 4.78 is 5.27. The minimum Gasteiger partial charge on any atom is -0.496 e. The number of thiophene rings is 1. The second kappa shape index (κ2) is 7.13. The van der Waals surface area contributed by atoms with Crippen LogP contribution >= 0.6 is 11.3 Å². The number of anilines is 1. The van der Waals surface area contributed by atoms with Crippen molar-refractivity contribution < 1.29 is 9.53 Å². The molecule has 0 bridgehead atoms. The van der Waals surface area contributed by atoms with Crippen LogP contribution < -0.4 is 10.1 Å². The molecule has 1 amide bonds. The molecule has 2 aromatic rings. The van der Waals surface area contributed by atoms with Crippen molar-refractivity contribution in [3.05, 3.63) is 45.8 Å². The summed E-state index contributed by atoms with van der Waals surface area (Å²) in [7, 11) is 1.54. The molecule has 4 nitrogen and oxygen atoms in total. The summed E-state index contributed by atoms with van der Waals surface area (Å²) in [6.07, 6.45) is 2.96. The Morgan fingerprint density at radius 2 is 2.08 bits per heavy atom. The van der Waals surface area contributed by atoms with Gasteiger partial charge in [0.05, 0.1) is 18.2 Å². The summed E-state index contributed by atoms with van der Waals surface area (Å²) >= 11 is 1.55. The van der Waals surface area contributed by atoms with Gasteiger partial charge < -0.3 is 10.1 Å². The molecule has 26 heavy (non-hydrogen) atoms. The number of nitriles is 1. The number of fused-ring (bicyclic) bond motifs is 1.